The van der Waals surface area contributed by atoms with Crippen molar-refractivity contribution in [3.05, 3.63) is 89.2 Å². The van der Waals surface area contributed by atoms with E-state index in [4.69, 9.17) is 0 Å². The molecule has 0 fully saturated rings. The van der Waals surface area contributed by atoms with Crippen LogP contribution in [0.5, 0.6) is 0 Å². The number of amides is 1. The predicted molar refractivity (Wildman–Crippen MR) is 108 cm³/mol. The monoisotopic (exact) mass is 398 g/mol. The van der Waals surface area contributed by atoms with Crippen LogP contribution in [0.25, 0.3) is 0 Å². The summed E-state index contributed by atoms with van der Waals surface area (Å²) in [5, 5.41) is 2.79. The zero-order valence-electron chi connectivity index (χ0n) is 15.4. The third-order valence-corrected chi connectivity index (χ3v) is 5.69. The van der Waals surface area contributed by atoms with Crippen LogP contribution >= 0.6 is 0 Å². The van der Waals surface area contributed by atoms with E-state index in [0.717, 1.165) is 23.3 Å². The van der Waals surface area contributed by atoms with Gasteiger partial charge in [-0.05, 0) is 85.6 Å². The first-order chi connectivity index (χ1) is 13.2. The predicted octanol–water partition coefficient (Wildman–Crippen LogP) is 4.50. The lowest BCUT2D eigenvalue weighted by atomic mass is 10.1. The quantitative estimate of drug-likeness (QED) is 0.665. The van der Waals surface area contributed by atoms with Gasteiger partial charge in [-0.3, -0.25) is 9.52 Å². The maximum atomic E-state index is 12.9. The fourth-order valence-electron chi connectivity index (χ4n) is 2.54. The minimum Gasteiger partial charge on any atom is -0.322 e. The maximum Gasteiger partial charge on any atom is 0.261 e. The Hall–Kier alpha value is -3.19. The first kappa shape index (κ1) is 19.6. The standard InChI is InChI=1S/C21H19FN2O3S/c1-14-3-8-19(13-15(14)2)23-21(25)16-4-11-20(12-5-16)28(26,27)24-18-9-6-17(22)7-10-18/h3-13,24H,1-2H3,(H,23,25). The summed E-state index contributed by atoms with van der Waals surface area (Å²) in [6.07, 6.45) is 0. The van der Waals surface area contributed by atoms with Crippen molar-refractivity contribution >= 4 is 27.3 Å². The Morgan fingerprint density at radius 1 is 0.821 bits per heavy atom. The molecule has 0 bridgehead atoms. The number of benzene rings is 3. The molecule has 5 nitrogen and oxygen atoms in total. The molecule has 0 unspecified atom stereocenters. The summed E-state index contributed by atoms with van der Waals surface area (Å²) < 4.78 is 40.2. The average Bonchev–Trinajstić information content (AvgIpc) is 2.66. The van der Waals surface area contributed by atoms with Crippen LogP contribution in [0, 0.1) is 19.7 Å². The summed E-state index contributed by atoms with van der Waals surface area (Å²) in [5.41, 5.74) is 3.44. The number of aryl methyl sites for hydroxylation is 2. The van der Waals surface area contributed by atoms with Crippen molar-refractivity contribution in [2.45, 2.75) is 18.7 Å². The second-order valence-corrected chi connectivity index (χ2v) is 8.07. The molecule has 0 heterocycles. The zero-order valence-corrected chi connectivity index (χ0v) is 16.2. The highest BCUT2D eigenvalue weighted by atomic mass is 32.2. The van der Waals surface area contributed by atoms with Crippen LogP contribution in [0.15, 0.2) is 71.6 Å². The number of sulfonamides is 1. The van der Waals surface area contributed by atoms with E-state index in [-0.39, 0.29) is 16.5 Å². The Kier molecular flexibility index (Phi) is 5.46. The molecule has 0 saturated heterocycles. The van der Waals surface area contributed by atoms with Crippen LogP contribution in [-0.4, -0.2) is 14.3 Å². The highest BCUT2D eigenvalue weighted by molar-refractivity contribution is 7.92. The number of rotatable bonds is 5. The lowest BCUT2D eigenvalue weighted by Gasteiger charge is -2.10. The van der Waals surface area contributed by atoms with E-state index in [1.54, 1.807) is 0 Å². The van der Waals surface area contributed by atoms with Gasteiger partial charge in [0.15, 0.2) is 0 Å². The summed E-state index contributed by atoms with van der Waals surface area (Å²) in [6, 6.07) is 16.2. The van der Waals surface area contributed by atoms with Crippen LogP contribution in [0.3, 0.4) is 0 Å². The van der Waals surface area contributed by atoms with Gasteiger partial charge in [0.25, 0.3) is 15.9 Å². The molecule has 0 aromatic heterocycles. The van der Waals surface area contributed by atoms with E-state index in [1.807, 2.05) is 32.0 Å². The minimum atomic E-state index is -3.84. The SMILES string of the molecule is Cc1ccc(NC(=O)c2ccc(S(=O)(=O)Nc3ccc(F)cc3)cc2)cc1C. The summed E-state index contributed by atoms with van der Waals surface area (Å²) in [6.45, 7) is 3.94. The summed E-state index contributed by atoms with van der Waals surface area (Å²) >= 11 is 0. The van der Waals surface area contributed by atoms with E-state index in [9.17, 15) is 17.6 Å². The molecule has 3 aromatic rings. The molecule has 28 heavy (non-hydrogen) atoms. The summed E-state index contributed by atoms with van der Waals surface area (Å²) in [5.74, 6) is -0.791. The van der Waals surface area contributed by atoms with Gasteiger partial charge in [-0.2, -0.15) is 0 Å². The molecule has 1 amide bonds. The fraction of sp³-hybridized carbons (Fsp3) is 0.0952. The van der Waals surface area contributed by atoms with Crippen molar-refractivity contribution in [2.24, 2.45) is 0 Å². The molecule has 0 spiro atoms. The molecular weight excluding hydrogens is 379 g/mol. The second kappa shape index (κ2) is 7.82. The average molecular weight is 398 g/mol. The molecule has 0 radical (unpaired) electrons. The molecular formula is C21H19FN2O3S. The Morgan fingerprint density at radius 3 is 2.04 bits per heavy atom. The summed E-state index contributed by atoms with van der Waals surface area (Å²) in [4.78, 5) is 12.4. The van der Waals surface area contributed by atoms with E-state index in [0.29, 0.717) is 11.3 Å². The van der Waals surface area contributed by atoms with Gasteiger partial charge in [0.05, 0.1) is 4.90 Å². The molecule has 144 valence electrons. The van der Waals surface area contributed by atoms with Crippen LogP contribution in [0.2, 0.25) is 0 Å². The van der Waals surface area contributed by atoms with Crippen LogP contribution in [0.4, 0.5) is 15.8 Å². The number of halogens is 1. The molecule has 7 heteroatoms. The Bertz CT molecular complexity index is 1110. The van der Waals surface area contributed by atoms with Crippen molar-refractivity contribution in [1.29, 1.82) is 0 Å². The topological polar surface area (TPSA) is 75.3 Å². The van der Waals surface area contributed by atoms with Crippen molar-refractivity contribution in [3.8, 4) is 0 Å². The van der Waals surface area contributed by atoms with Gasteiger partial charge in [-0.25, -0.2) is 12.8 Å². The van der Waals surface area contributed by atoms with E-state index < -0.39 is 15.8 Å². The molecule has 3 rings (SSSR count). The first-order valence-electron chi connectivity index (χ1n) is 8.52. The van der Waals surface area contributed by atoms with Gasteiger partial charge in [0.2, 0.25) is 0 Å². The van der Waals surface area contributed by atoms with Crippen molar-refractivity contribution in [3.63, 3.8) is 0 Å². The van der Waals surface area contributed by atoms with Crippen LogP contribution in [-0.2, 0) is 10.0 Å². The van der Waals surface area contributed by atoms with Crippen molar-refractivity contribution in [1.82, 2.24) is 0 Å². The number of carbonyl (C=O) groups is 1. The Labute approximate surface area is 163 Å². The molecule has 0 aliphatic carbocycles. The number of nitrogens with one attached hydrogen (secondary N) is 2. The lowest BCUT2D eigenvalue weighted by molar-refractivity contribution is 0.102. The van der Waals surface area contributed by atoms with Gasteiger partial charge >= 0.3 is 0 Å². The van der Waals surface area contributed by atoms with Gasteiger partial charge < -0.3 is 5.32 Å². The third-order valence-electron chi connectivity index (χ3n) is 4.29. The second-order valence-electron chi connectivity index (χ2n) is 6.39. The number of carbonyl (C=O) groups excluding carboxylic acids is 1. The fourth-order valence-corrected chi connectivity index (χ4v) is 3.60. The lowest BCUT2D eigenvalue weighted by Crippen LogP contribution is -2.15. The highest BCUT2D eigenvalue weighted by Gasteiger charge is 2.15. The maximum absolute atomic E-state index is 12.9. The summed E-state index contributed by atoms with van der Waals surface area (Å²) in [7, 11) is -3.84. The Morgan fingerprint density at radius 2 is 1.43 bits per heavy atom. The smallest absolute Gasteiger partial charge is 0.261 e. The van der Waals surface area contributed by atoms with E-state index >= 15 is 0 Å². The normalized spacial score (nSPS) is 11.1. The molecule has 0 aliphatic heterocycles. The number of anilines is 2. The molecule has 2 N–H and O–H groups in total. The van der Waals surface area contributed by atoms with Crippen molar-refractivity contribution in [2.75, 3.05) is 10.0 Å². The number of hydrogen-bond acceptors (Lipinski definition) is 3. The zero-order chi connectivity index (χ0) is 20.3. The van der Waals surface area contributed by atoms with Gasteiger partial charge in [-0.15, -0.1) is 0 Å². The highest BCUT2D eigenvalue weighted by Crippen LogP contribution is 2.19. The van der Waals surface area contributed by atoms with Crippen molar-refractivity contribution < 1.29 is 17.6 Å². The Balaban J connectivity index is 1.73. The van der Waals surface area contributed by atoms with Crippen LogP contribution < -0.4 is 10.0 Å². The van der Waals surface area contributed by atoms with Crippen LogP contribution in [0.1, 0.15) is 21.5 Å². The van der Waals surface area contributed by atoms with E-state index in [1.165, 1.54) is 36.4 Å². The molecule has 0 aliphatic rings. The number of hydrogen-bond donors (Lipinski definition) is 2. The van der Waals surface area contributed by atoms with Gasteiger partial charge in [0, 0.05) is 16.9 Å². The minimum absolute atomic E-state index is 0.000412. The largest absolute Gasteiger partial charge is 0.322 e. The van der Waals surface area contributed by atoms with Gasteiger partial charge in [-0.1, -0.05) is 6.07 Å². The molecule has 3 aromatic carbocycles. The molecule has 0 saturated carbocycles. The van der Waals surface area contributed by atoms with E-state index in [2.05, 4.69) is 10.0 Å². The van der Waals surface area contributed by atoms with Gasteiger partial charge in [0.1, 0.15) is 5.82 Å². The molecule has 0 atom stereocenters. The third kappa shape index (κ3) is 4.55. The first-order valence-corrected chi connectivity index (χ1v) is 10.00.